The summed E-state index contributed by atoms with van der Waals surface area (Å²) in [7, 11) is -7.55. The fraction of sp³-hybridized carbons (Fsp3) is 0.571. The lowest BCUT2D eigenvalue weighted by Gasteiger charge is -2.40. The Bertz CT molecular complexity index is 460. The van der Waals surface area contributed by atoms with E-state index in [1.54, 1.807) is 0 Å². The molecule has 124 valence electrons. The molecule has 0 spiro atoms. The minimum Gasteiger partial charge on any atom is -0.306 e. The van der Waals surface area contributed by atoms with Gasteiger partial charge in [-0.15, -0.1) is 0 Å². The van der Waals surface area contributed by atoms with Gasteiger partial charge in [0.25, 0.3) is 0 Å². The largest absolute Gasteiger partial charge is 0.310 e. The lowest BCUT2D eigenvalue weighted by atomic mass is 9.90. The van der Waals surface area contributed by atoms with E-state index in [4.69, 9.17) is 0 Å². The predicted octanol–water partition coefficient (Wildman–Crippen LogP) is 6.18. The number of hydrogen-bond donors (Lipinski definition) is 0. The van der Waals surface area contributed by atoms with Crippen LogP contribution in [0.4, 0.5) is 19.4 Å². The summed E-state index contributed by atoms with van der Waals surface area (Å²) < 4.78 is 62.8. The summed E-state index contributed by atoms with van der Waals surface area (Å²) in [5, 5.41) is 0. The van der Waals surface area contributed by atoms with Crippen molar-refractivity contribution in [2.75, 3.05) is 20.1 Å². The van der Waals surface area contributed by atoms with E-state index in [9.17, 15) is 19.4 Å². The Morgan fingerprint density at radius 1 is 0.905 bits per heavy atom. The molecule has 0 unspecified atom stereocenters. The Morgan fingerprint density at radius 2 is 1.33 bits per heavy atom. The molecule has 21 heavy (non-hydrogen) atoms. The average molecular weight is 331 g/mol. The average Bonchev–Trinajstić information content (AvgIpc) is 2.40. The zero-order valence-corrected chi connectivity index (χ0v) is 13.3. The first-order chi connectivity index (χ1) is 9.45. The first-order valence-electron chi connectivity index (χ1n) is 6.98. The van der Waals surface area contributed by atoms with Gasteiger partial charge in [0.1, 0.15) is 4.90 Å². The smallest absolute Gasteiger partial charge is 0.306 e. The molecule has 0 atom stereocenters. The van der Waals surface area contributed by atoms with Crippen molar-refractivity contribution in [1.82, 2.24) is 4.90 Å². The molecule has 0 aliphatic carbocycles. The minimum absolute atomic E-state index is 0.156. The van der Waals surface area contributed by atoms with Crippen LogP contribution in [0.5, 0.6) is 0 Å². The van der Waals surface area contributed by atoms with Crippen LogP contribution in [-0.4, -0.2) is 25.0 Å². The molecule has 0 radical (unpaired) electrons. The van der Waals surface area contributed by atoms with E-state index < -0.39 is 15.1 Å². The summed E-state index contributed by atoms with van der Waals surface area (Å²) in [6, 6.07) is 3.39. The van der Waals surface area contributed by atoms with Crippen molar-refractivity contribution in [3.8, 4) is 0 Å². The Hall–Kier alpha value is -0.820. The molecular formula is C14H22F5NS. The maximum Gasteiger partial charge on any atom is 0.310 e. The summed E-state index contributed by atoms with van der Waals surface area (Å²) in [5.74, 6) is 0.156. The van der Waals surface area contributed by atoms with Crippen LogP contribution in [0.1, 0.15) is 38.2 Å². The van der Waals surface area contributed by atoms with Crippen LogP contribution in [0.3, 0.4) is 0 Å². The van der Waals surface area contributed by atoms with E-state index in [-0.39, 0.29) is 5.92 Å². The molecule has 1 aromatic carbocycles. The van der Waals surface area contributed by atoms with Crippen LogP contribution in [0, 0.1) is 0 Å². The lowest BCUT2D eigenvalue weighted by molar-refractivity contribution is 0.255. The van der Waals surface area contributed by atoms with Gasteiger partial charge in [0.15, 0.2) is 0 Å². The molecule has 1 saturated heterocycles. The standard InChI is InChI=1S/C12H16F5NS.C2H6/c1-18-8-6-11(7-9-18)10-2-4-12(5-3-10)19(13,14,15,16)17;1-2/h2-5,11H,6-9H2,1H3;1-2H3. The molecule has 0 bridgehead atoms. The van der Waals surface area contributed by atoms with Gasteiger partial charge in [-0.3, -0.25) is 0 Å². The molecule has 2 rings (SSSR count). The van der Waals surface area contributed by atoms with Crippen molar-refractivity contribution in [3.05, 3.63) is 29.8 Å². The molecule has 1 heterocycles. The van der Waals surface area contributed by atoms with Crippen LogP contribution >= 0.6 is 10.2 Å². The summed E-state index contributed by atoms with van der Waals surface area (Å²) in [4.78, 5) is 0.330. The Balaban J connectivity index is 0.00000106. The van der Waals surface area contributed by atoms with Gasteiger partial charge < -0.3 is 4.90 Å². The van der Waals surface area contributed by atoms with Crippen LogP contribution in [-0.2, 0) is 0 Å². The third kappa shape index (κ3) is 5.14. The highest BCUT2D eigenvalue weighted by atomic mass is 32.5. The predicted molar refractivity (Wildman–Crippen MR) is 78.7 cm³/mol. The van der Waals surface area contributed by atoms with E-state index in [1.165, 1.54) is 12.1 Å². The highest BCUT2D eigenvalue weighted by Crippen LogP contribution is 3.02. The minimum atomic E-state index is -9.53. The van der Waals surface area contributed by atoms with Gasteiger partial charge in [-0.25, -0.2) is 0 Å². The lowest BCUT2D eigenvalue weighted by Crippen LogP contribution is -2.29. The van der Waals surface area contributed by atoms with Crippen molar-refractivity contribution >= 4 is 10.2 Å². The molecule has 1 aliphatic rings. The second-order valence-electron chi connectivity index (χ2n) is 5.12. The number of rotatable bonds is 2. The molecule has 7 heteroatoms. The van der Waals surface area contributed by atoms with Crippen molar-refractivity contribution in [2.24, 2.45) is 0 Å². The monoisotopic (exact) mass is 331 g/mol. The third-order valence-corrected chi connectivity index (χ3v) is 4.68. The number of hydrogen-bond acceptors (Lipinski definition) is 1. The summed E-state index contributed by atoms with van der Waals surface area (Å²) in [6.07, 6.45) is 1.68. The van der Waals surface area contributed by atoms with E-state index in [1.807, 2.05) is 20.9 Å². The molecule has 1 aromatic rings. The van der Waals surface area contributed by atoms with Gasteiger partial charge in [0, 0.05) is 0 Å². The SMILES string of the molecule is CC.CN1CCC(c2ccc(S(F)(F)(F)(F)F)cc2)CC1. The van der Waals surface area contributed by atoms with E-state index >= 15 is 0 Å². The second kappa shape index (κ2) is 5.43. The normalized spacial score (nSPS) is 21.0. The van der Waals surface area contributed by atoms with E-state index in [0.29, 0.717) is 17.7 Å². The first-order valence-corrected chi connectivity index (χ1v) is 8.93. The van der Waals surface area contributed by atoms with Gasteiger partial charge >= 0.3 is 10.2 Å². The van der Waals surface area contributed by atoms with Gasteiger partial charge in [0.05, 0.1) is 0 Å². The zero-order chi connectivity index (χ0) is 16.4. The summed E-state index contributed by atoms with van der Waals surface area (Å²) >= 11 is 0. The Kier molecular flexibility index (Phi) is 4.71. The quantitative estimate of drug-likeness (QED) is 0.585. The molecule has 0 amide bonds. The Morgan fingerprint density at radius 3 is 1.71 bits per heavy atom. The maximum absolute atomic E-state index is 12.6. The van der Waals surface area contributed by atoms with Gasteiger partial charge in [0.2, 0.25) is 0 Å². The topological polar surface area (TPSA) is 3.24 Å². The summed E-state index contributed by atoms with van der Waals surface area (Å²) in [6.45, 7) is 5.74. The fourth-order valence-corrected chi connectivity index (χ4v) is 2.99. The molecule has 1 aliphatic heterocycles. The number of benzene rings is 1. The zero-order valence-electron chi connectivity index (χ0n) is 12.5. The number of nitrogens with zero attached hydrogens (tertiary/aromatic N) is 1. The Labute approximate surface area is 122 Å². The molecule has 1 nitrogen and oxygen atoms in total. The maximum atomic E-state index is 12.6. The molecule has 1 fully saturated rings. The molecular weight excluding hydrogens is 309 g/mol. The first kappa shape index (κ1) is 18.2. The van der Waals surface area contributed by atoms with Crippen LogP contribution < -0.4 is 0 Å². The third-order valence-electron chi connectivity index (χ3n) is 3.52. The molecule has 0 N–H and O–H groups in total. The number of likely N-dealkylation sites (tertiary alicyclic amines) is 1. The van der Waals surface area contributed by atoms with Crippen molar-refractivity contribution in [2.45, 2.75) is 37.5 Å². The van der Waals surface area contributed by atoms with Crippen molar-refractivity contribution < 1.29 is 19.4 Å². The highest BCUT2D eigenvalue weighted by molar-refractivity contribution is 8.45. The van der Waals surface area contributed by atoms with Crippen molar-refractivity contribution in [1.29, 1.82) is 0 Å². The van der Waals surface area contributed by atoms with Crippen molar-refractivity contribution in [3.63, 3.8) is 0 Å². The van der Waals surface area contributed by atoms with Crippen LogP contribution in [0.15, 0.2) is 29.2 Å². The van der Waals surface area contributed by atoms with Crippen LogP contribution in [0.2, 0.25) is 0 Å². The van der Waals surface area contributed by atoms with Gasteiger partial charge in [-0.05, 0) is 56.6 Å². The van der Waals surface area contributed by atoms with Gasteiger partial charge in [-0.2, -0.15) is 0 Å². The molecule has 0 aromatic heterocycles. The molecule has 0 saturated carbocycles. The second-order valence-corrected chi connectivity index (χ2v) is 7.52. The highest BCUT2D eigenvalue weighted by Gasteiger charge is 2.65. The number of halogens is 5. The van der Waals surface area contributed by atoms with Gasteiger partial charge in [-0.1, -0.05) is 45.4 Å². The van der Waals surface area contributed by atoms with Crippen LogP contribution in [0.25, 0.3) is 0 Å². The van der Waals surface area contributed by atoms with E-state index in [0.717, 1.165) is 25.9 Å². The fourth-order valence-electron chi connectivity index (χ4n) is 2.34. The van der Waals surface area contributed by atoms with E-state index in [2.05, 4.69) is 4.90 Å². The number of piperidine rings is 1. The summed E-state index contributed by atoms with van der Waals surface area (Å²) in [5.41, 5.74) is 0.707.